The predicted molar refractivity (Wildman–Crippen MR) is 106 cm³/mol. The normalized spacial score (nSPS) is 11.5. The van der Waals surface area contributed by atoms with Gasteiger partial charge in [-0.2, -0.15) is 8.42 Å². The largest absolute Gasteiger partial charge is 0.382 e. The number of carbonyl (C=O) groups is 1. The van der Waals surface area contributed by atoms with E-state index in [4.69, 9.17) is 4.18 Å². The second-order valence-electron chi connectivity index (χ2n) is 6.55. The molecule has 28 heavy (non-hydrogen) atoms. The summed E-state index contributed by atoms with van der Waals surface area (Å²) in [6, 6.07) is 12.4. The summed E-state index contributed by atoms with van der Waals surface area (Å²) >= 11 is 0. The van der Waals surface area contributed by atoms with Crippen molar-refractivity contribution >= 4 is 16.0 Å². The molecular weight excluding hydrogens is 383 g/mol. The molecule has 0 N–H and O–H groups in total. The molecule has 0 atom stereocenters. The van der Waals surface area contributed by atoms with E-state index in [0.29, 0.717) is 18.7 Å². The third-order valence-corrected chi connectivity index (χ3v) is 5.25. The minimum absolute atomic E-state index is 0.0270. The van der Waals surface area contributed by atoms with Crippen LogP contribution in [0.2, 0.25) is 0 Å². The van der Waals surface area contributed by atoms with Crippen LogP contribution >= 0.6 is 0 Å². The molecule has 2 aromatic rings. The van der Waals surface area contributed by atoms with Crippen molar-refractivity contribution in [1.29, 1.82) is 0 Å². The number of halogens is 1. The highest BCUT2D eigenvalue weighted by molar-refractivity contribution is 7.87. The summed E-state index contributed by atoms with van der Waals surface area (Å²) in [5.41, 5.74) is 0.504. The number of para-hydroxylation sites is 1. The first-order valence-corrected chi connectivity index (χ1v) is 10.5. The lowest BCUT2D eigenvalue weighted by Crippen LogP contribution is -2.36. The summed E-state index contributed by atoms with van der Waals surface area (Å²) in [5, 5.41) is 0. The Morgan fingerprint density at radius 3 is 2.32 bits per heavy atom. The van der Waals surface area contributed by atoms with E-state index in [1.165, 1.54) is 30.0 Å². The van der Waals surface area contributed by atoms with Gasteiger partial charge in [-0.3, -0.25) is 4.79 Å². The van der Waals surface area contributed by atoms with Gasteiger partial charge < -0.3 is 14.0 Å². The highest BCUT2D eigenvalue weighted by Gasteiger charge is 2.21. The summed E-state index contributed by atoms with van der Waals surface area (Å²) in [7, 11) is 0.0360. The molecule has 0 spiro atoms. The van der Waals surface area contributed by atoms with E-state index in [9.17, 15) is 17.6 Å². The van der Waals surface area contributed by atoms with Gasteiger partial charge in [0.1, 0.15) is 11.6 Å². The van der Waals surface area contributed by atoms with E-state index in [2.05, 4.69) is 0 Å². The molecule has 6 nitrogen and oxygen atoms in total. The smallest absolute Gasteiger partial charge is 0.308 e. The molecule has 0 heterocycles. The highest BCUT2D eigenvalue weighted by atomic mass is 32.2. The first-order chi connectivity index (χ1) is 13.2. The van der Waals surface area contributed by atoms with E-state index in [1.54, 1.807) is 30.3 Å². The number of likely N-dealkylation sites (N-methyl/N-ethyl adjacent to an activating group) is 1. The Kier molecular flexibility index (Phi) is 7.53. The van der Waals surface area contributed by atoms with Gasteiger partial charge in [-0.25, -0.2) is 4.39 Å². The van der Waals surface area contributed by atoms with E-state index < -0.39 is 21.8 Å². The van der Waals surface area contributed by atoms with Gasteiger partial charge in [0.05, 0.1) is 11.3 Å². The summed E-state index contributed by atoms with van der Waals surface area (Å²) < 4.78 is 43.0. The van der Waals surface area contributed by atoms with E-state index in [1.807, 2.05) is 19.0 Å². The zero-order valence-electron chi connectivity index (χ0n) is 16.3. The van der Waals surface area contributed by atoms with Crippen LogP contribution < -0.4 is 4.18 Å². The molecule has 0 saturated carbocycles. The summed E-state index contributed by atoms with van der Waals surface area (Å²) in [6.45, 7) is 2.49. The van der Waals surface area contributed by atoms with Crippen LogP contribution in [0, 0.1) is 5.82 Å². The van der Waals surface area contributed by atoms with Crippen molar-refractivity contribution in [3.05, 3.63) is 65.5 Å². The molecule has 1 amide bonds. The predicted octanol–water partition coefficient (Wildman–Crippen LogP) is 2.76. The highest BCUT2D eigenvalue weighted by Crippen LogP contribution is 2.23. The lowest BCUT2D eigenvalue weighted by atomic mass is 10.1. The van der Waals surface area contributed by atoms with Crippen LogP contribution in [0.5, 0.6) is 5.75 Å². The Morgan fingerprint density at radius 2 is 1.68 bits per heavy atom. The maximum absolute atomic E-state index is 14.1. The van der Waals surface area contributed by atoms with Gasteiger partial charge in [-0.15, -0.1) is 0 Å². The maximum Gasteiger partial charge on any atom is 0.308 e. The summed E-state index contributed by atoms with van der Waals surface area (Å²) in [4.78, 5) is 16.3. The number of hydrogen-bond donors (Lipinski definition) is 0. The zero-order chi connectivity index (χ0) is 20.7. The van der Waals surface area contributed by atoms with Gasteiger partial charge >= 0.3 is 10.1 Å². The minimum Gasteiger partial charge on any atom is -0.382 e. The number of rotatable bonds is 9. The Bertz CT molecular complexity index is 916. The molecule has 8 heteroatoms. The third-order valence-electron chi connectivity index (χ3n) is 4.11. The molecule has 0 unspecified atom stereocenters. The molecule has 2 aromatic carbocycles. The average Bonchev–Trinajstić information content (AvgIpc) is 2.66. The van der Waals surface area contributed by atoms with Crippen LogP contribution in [0.25, 0.3) is 0 Å². The first-order valence-electron chi connectivity index (χ1n) is 8.92. The van der Waals surface area contributed by atoms with Crippen LogP contribution in [-0.4, -0.2) is 57.1 Å². The lowest BCUT2D eigenvalue weighted by molar-refractivity contribution is 0.0726. The Labute approximate surface area is 165 Å². The van der Waals surface area contributed by atoms with Crippen molar-refractivity contribution in [1.82, 2.24) is 9.80 Å². The van der Waals surface area contributed by atoms with E-state index in [0.717, 1.165) is 0 Å². The Hall–Kier alpha value is -2.45. The maximum atomic E-state index is 14.1. The zero-order valence-corrected chi connectivity index (χ0v) is 17.1. The van der Waals surface area contributed by atoms with Gasteiger partial charge in [0.15, 0.2) is 0 Å². The van der Waals surface area contributed by atoms with Crippen molar-refractivity contribution in [2.45, 2.75) is 13.5 Å². The van der Waals surface area contributed by atoms with Crippen LogP contribution in [0.4, 0.5) is 4.39 Å². The fraction of sp³-hybridized carbons (Fsp3) is 0.350. The van der Waals surface area contributed by atoms with Crippen LogP contribution in [0.1, 0.15) is 22.8 Å². The number of benzene rings is 2. The van der Waals surface area contributed by atoms with Crippen LogP contribution in [0.15, 0.2) is 48.5 Å². The van der Waals surface area contributed by atoms with Gasteiger partial charge in [0.25, 0.3) is 5.91 Å². The summed E-state index contributed by atoms with van der Waals surface area (Å²) in [6.07, 6.45) is 0. The SMILES string of the molecule is CCS(=O)(=O)Oc1ccccc1CN(CCN(C)C)C(=O)c1ccccc1F. The Morgan fingerprint density at radius 1 is 1.04 bits per heavy atom. The third kappa shape index (κ3) is 6.03. The number of amides is 1. The molecule has 0 aliphatic heterocycles. The van der Waals surface area contributed by atoms with Crippen molar-refractivity contribution in [2.75, 3.05) is 32.9 Å². The molecule has 0 bridgehead atoms. The number of nitrogens with zero attached hydrogens (tertiary/aromatic N) is 2. The number of hydrogen-bond acceptors (Lipinski definition) is 5. The standard InChI is InChI=1S/C20H25FN2O4S/c1-4-28(25,26)27-19-12-8-5-9-16(19)15-23(14-13-22(2)3)20(24)17-10-6-7-11-18(17)21/h5-12H,4,13-15H2,1-3H3. The summed E-state index contributed by atoms with van der Waals surface area (Å²) in [5.74, 6) is -1.06. The van der Waals surface area contributed by atoms with Gasteiger partial charge in [0, 0.05) is 25.2 Å². The van der Waals surface area contributed by atoms with Crippen molar-refractivity contribution < 1.29 is 21.8 Å². The molecule has 2 rings (SSSR count). The molecule has 0 fully saturated rings. The topological polar surface area (TPSA) is 66.9 Å². The van der Waals surface area contributed by atoms with Crippen LogP contribution in [-0.2, 0) is 16.7 Å². The molecule has 0 aliphatic carbocycles. The second kappa shape index (κ2) is 9.66. The van der Waals surface area contributed by atoms with Crippen LogP contribution in [0.3, 0.4) is 0 Å². The van der Waals surface area contributed by atoms with E-state index >= 15 is 0 Å². The minimum atomic E-state index is -3.71. The van der Waals surface area contributed by atoms with Crippen molar-refractivity contribution in [2.24, 2.45) is 0 Å². The van der Waals surface area contributed by atoms with Gasteiger partial charge in [0.2, 0.25) is 0 Å². The molecule has 152 valence electrons. The lowest BCUT2D eigenvalue weighted by Gasteiger charge is -2.25. The second-order valence-corrected chi connectivity index (χ2v) is 8.41. The monoisotopic (exact) mass is 408 g/mol. The molecular formula is C20H25FN2O4S. The molecule has 0 radical (unpaired) electrons. The van der Waals surface area contributed by atoms with Crippen molar-refractivity contribution in [3.8, 4) is 5.75 Å². The fourth-order valence-corrected chi connectivity index (χ4v) is 3.05. The Balaban J connectivity index is 2.33. The quantitative estimate of drug-likeness (QED) is 0.597. The van der Waals surface area contributed by atoms with E-state index in [-0.39, 0.29) is 23.6 Å². The molecule has 0 saturated heterocycles. The molecule has 0 aliphatic rings. The van der Waals surface area contributed by atoms with Gasteiger partial charge in [-0.05, 0) is 39.2 Å². The average molecular weight is 408 g/mol. The first kappa shape index (κ1) is 21.8. The van der Waals surface area contributed by atoms with Crippen molar-refractivity contribution in [3.63, 3.8) is 0 Å². The number of carbonyl (C=O) groups excluding carboxylic acids is 1. The molecule has 0 aromatic heterocycles. The van der Waals surface area contributed by atoms with Gasteiger partial charge in [-0.1, -0.05) is 30.3 Å². The fourth-order valence-electron chi connectivity index (χ4n) is 2.50.